The van der Waals surface area contributed by atoms with Crippen LogP contribution in [0.2, 0.25) is 10.0 Å². The standard InChI is InChI=1S/C17H12Cl2FN3O2/c18-11-5-6-14(12(19)9-11)21-17(24)15-7-8-23(22-15)10-25-16-4-2-1-3-13(16)20/h1-9H,10H2,(H,21,24). The van der Waals surface area contributed by atoms with Gasteiger partial charge in [0, 0.05) is 11.2 Å². The third-order valence-electron chi connectivity index (χ3n) is 3.24. The van der Waals surface area contributed by atoms with Crippen molar-refractivity contribution in [2.45, 2.75) is 6.73 Å². The third kappa shape index (κ3) is 4.29. The monoisotopic (exact) mass is 379 g/mol. The summed E-state index contributed by atoms with van der Waals surface area (Å²) in [5.74, 6) is -0.796. The maximum absolute atomic E-state index is 13.5. The molecule has 0 fully saturated rings. The lowest BCUT2D eigenvalue weighted by Crippen LogP contribution is -2.14. The summed E-state index contributed by atoms with van der Waals surface area (Å²) in [5.41, 5.74) is 0.594. The SMILES string of the molecule is O=C(Nc1ccc(Cl)cc1Cl)c1ccn(COc2ccccc2F)n1. The van der Waals surface area contributed by atoms with Gasteiger partial charge in [-0.2, -0.15) is 5.10 Å². The Labute approximate surface area is 152 Å². The molecule has 8 heteroatoms. The topological polar surface area (TPSA) is 56.2 Å². The van der Waals surface area contributed by atoms with Crippen LogP contribution in [-0.2, 0) is 6.73 Å². The summed E-state index contributed by atoms with van der Waals surface area (Å²) in [6, 6.07) is 12.3. The number of hydrogen-bond donors (Lipinski definition) is 1. The molecule has 3 aromatic rings. The van der Waals surface area contributed by atoms with Gasteiger partial charge in [-0.15, -0.1) is 0 Å². The zero-order valence-corrected chi connectivity index (χ0v) is 14.3. The van der Waals surface area contributed by atoms with E-state index in [0.29, 0.717) is 15.7 Å². The van der Waals surface area contributed by atoms with E-state index in [4.69, 9.17) is 27.9 Å². The van der Waals surface area contributed by atoms with E-state index in [1.54, 1.807) is 30.5 Å². The Morgan fingerprint density at radius 3 is 2.76 bits per heavy atom. The zero-order valence-electron chi connectivity index (χ0n) is 12.7. The van der Waals surface area contributed by atoms with Crippen LogP contribution in [-0.4, -0.2) is 15.7 Å². The number of ether oxygens (including phenoxy) is 1. The van der Waals surface area contributed by atoms with Crippen LogP contribution in [0.4, 0.5) is 10.1 Å². The van der Waals surface area contributed by atoms with Gasteiger partial charge < -0.3 is 10.1 Å². The number of aromatic nitrogens is 2. The van der Waals surface area contributed by atoms with Crippen LogP contribution >= 0.6 is 23.2 Å². The normalized spacial score (nSPS) is 10.5. The first-order valence-electron chi connectivity index (χ1n) is 7.20. The van der Waals surface area contributed by atoms with Gasteiger partial charge in [-0.3, -0.25) is 4.79 Å². The molecule has 2 aromatic carbocycles. The first-order chi connectivity index (χ1) is 12.0. The van der Waals surface area contributed by atoms with Gasteiger partial charge in [-0.05, 0) is 36.4 Å². The van der Waals surface area contributed by atoms with Crippen molar-refractivity contribution in [3.05, 3.63) is 76.3 Å². The van der Waals surface area contributed by atoms with Gasteiger partial charge in [0.1, 0.15) is 0 Å². The molecule has 25 heavy (non-hydrogen) atoms. The van der Waals surface area contributed by atoms with Crippen molar-refractivity contribution in [3.63, 3.8) is 0 Å². The molecule has 1 aromatic heterocycles. The number of rotatable bonds is 5. The van der Waals surface area contributed by atoms with E-state index in [2.05, 4.69) is 10.4 Å². The fourth-order valence-corrected chi connectivity index (χ4v) is 2.49. The van der Waals surface area contributed by atoms with E-state index in [1.807, 2.05) is 0 Å². The van der Waals surface area contributed by atoms with Crippen LogP contribution in [0.3, 0.4) is 0 Å². The lowest BCUT2D eigenvalue weighted by atomic mass is 10.3. The Morgan fingerprint density at radius 2 is 2.00 bits per heavy atom. The van der Waals surface area contributed by atoms with Crippen molar-refractivity contribution >= 4 is 34.8 Å². The Kier molecular flexibility index (Phi) is 5.21. The fourth-order valence-electron chi connectivity index (χ4n) is 2.03. The predicted octanol–water partition coefficient (Wildman–Crippen LogP) is 4.62. The summed E-state index contributed by atoms with van der Waals surface area (Å²) in [5, 5.41) is 7.52. The highest BCUT2D eigenvalue weighted by molar-refractivity contribution is 6.36. The zero-order chi connectivity index (χ0) is 17.8. The molecule has 0 spiro atoms. The summed E-state index contributed by atoms with van der Waals surface area (Å²) >= 11 is 11.8. The molecule has 0 aliphatic rings. The summed E-state index contributed by atoms with van der Waals surface area (Å²) in [7, 11) is 0. The van der Waals surface area contributed by atoms with Gasteiger partial charge >= 0.3 is 0 Å². The molecule has 0 saturated carbocycles. The molecule has 3 rings (SSSR count). The van der Waals surface area contributed by atoms with E-state index in [-0.39, 0.29) is 18.2 Å². The molecular formula is C17H12Cl2FN3O2. The van der Waals surface area contributed by atoms with Crippen molar-refractivity contribution in [3.8, 4) is 5.75 Å². The smallest absolute Gasteiger partial charge is 0.276 e. The molecule has 1 amide bonds. The van der Waals surface area contributed by atoms with Crippen molar-refractivity contribution in [1.29, 1.82) is 0 Å². The van der Waals surface area contributed by atoms with Crippen LogP contribution in [0.25, 0.3) is 0 Å². The van der Waals surface area contributed by atoms with Gasteiger partial charge in [0.25, 0.3) is 5.91 Å². The predicted molar refractivity (Wildman–Crippen MR) is 93.7 cm³/mol. The van der Waals surface area contributed by atoms with Gasteiger partial charge in [0.2, 0.25) is 0 Å². The van der Waals surface area contributed by atoms with E-state index >= 15 is 0 Å². The summed E-state index contributed by atoms with van der Waals surface area (Å²) in [6.07, 6.45) is 1.55. The number of carbonyl (C=O) groups is 1. The molecular weight excluding hydrogens is 368 g/mol. The summed E-state index contributed by atoms with van der Waals surface area (Å²) in [4.78, 5) is 12.2. The van der Waals surface area contributed by atoms with E-state index in [1.165, 1.54) is 28.9 Å². The minimum absolute atomic E-state index is 0.0318. The first-order valence-corrected chi connectivity index (χ1v) is 7.96. The lowest BCUT2D eigenvalue weighted by molar-refractivity contribution is 0.102. The number of nitrogens with one attached hydrogen (secondary N) is 1. The Bertz CT molecular complexity index is 914. The molecule has 0 aliphatic heterocycles. The molecule has 128 valence electrons. The highest BCUT2D eigenvalue weighted by atomic mass is 35.5. The fraction of sp³-hybridized carbons (Fsp3) is 0.0588. The molecule has 1 N–H and O–H groups in total. The van der Waals surface area contributed by atoms with Gasteiger partial charge in [0.15, 0.2) is 24.0 Å². The van der Waals surface area contributed by atoms with Crippen LogP contribution in [0, 0.1) is 5.82 Å². The number of carbonyl (C=O) groups excluding carboxylic acids is 1. The Morgan fingerprint density at radius 1 is 1.20 bits per heavy atom. The van der Waals surface area contributed by atoms with E-state index in [9.17, 15) is 9.18 Å². The van der Waals surface area contributed by atoms with Gasteiger partial charge in [-0.25, -0.2) is 9.07 Å². The Hall–Kier alpha value is -2.57. The quantitative estimate of drug-likeness (QED) is 0.703. The lowest BCUT2D eigenvalue weighted by Gasteiger charge is -2.07. The molecule has 0 bridgehead atoms. The largest absolute Gasteiger partial charge is 0.468 e. The minimum Gasteiger partial charge on any atom is -0.468 e. The highest BCUT2D eigenvalue weighted by Gasteiger charge is 2.12. The maximum Gasteiger partial charge on any atom is 0.276 e. The van der Waals surface area contributed by atoms with Crippen molar-refractivity contribution in [2.75, 3.05) is 5.32 Å². The summed E-state index contributed by atoms with van der Waals surface area (Å²) < 4.78 is 20.2. The van der Waals surface area contributed by atoms with Gasteiger partial charge in [0.05, 0.1) is 10.7 Å². The van der Waals surface area contributed by atoms with Crippen molar-refractivity contribution in [2.24, 2.45) is 0 Å². The number of para-hydroxylation sites is 1. The van der Waals surface area contributed by atoms with Crippen LogP contribution in [0.1, 0.15) is 10.5 Å². The number of hydrogen-bond acceptors (Lipinski definition) is 3. The second kappa shape index (κ2) is 7.55. The first kappa shape index (κ1) is 17.3. The van der Waals surface area contributed by atoms with Crippen molar-refractivity contribution < 1.29 is 13.9 Å². The molecule has 0 saturated heterocycles. The molecule has 0 radical (unpaired) electrons. The Balaban J connectivity index is 1.64. The second-order valence-corrected chi connectivity index (χ2v) is 5.87. The van der Waals surface area contributed by atoms with E-state index in [0.717, 1.165) is 0 Å². The summed E-state index contributed by atoms with van der Waals surface area (Å²) in [6.45, 7) is -0.0318. The second-order valence-electron chi connectivity index (χ2n) is 5.02. The third-order valence-corrected chi connectivity index (χ3v) is 3.79. The average molecular weight is 380 g/mol. The van der Waals surface area contributed by atoms with Crippen LogP contribution in [0.5, 0.6) is 5.75 Å². The number of nitrogens with zero attached hydrogens (tertiary/aromatic N) is 2. The number of anilines is 1. The maximum atomic E-state index is 13.5. The molecule has 5 nitrogen and oxygen atoms in total. The van der Waals surface area contributed by atoms with Crippen LogP contribution < -0.4 is 10.1 Å². The number of amides is 1. The highest BCUT2D eigenvalue weighted by Crippen LogP contribution is 2.25. The molecule has 0 aliphatic carbocycles. The van der Waals surface area contributed by atoms with E-state index < -0.39 is 11.7 Å². The van der Waals surface area contributed by atoms with Crippen LogP contribution in [0.15, 0.2) is 54.7 Å². The minimum atomic E-state index is -0.468. The average Bonchev–Trinajstić information content (AvgIpc) is 3.06. The van der Waals surface area contributed by atoms with Gasteiger partial charge in [-0.1, -0.05) is 35.3 Å². The number of halogens is 3. The molecule has 0 unspecified atom stereocenters. The number of benzene rings is 2. The van der Waals surface area contributed by atoms with Crippen molar-refractivity contribution in [1.82, 2.24) is 9.78 Å². The molecule has 1 heterocycles. The molecule has 0 atom stereocenters.